The Morgan fingerprint density at radius 2 is 2.22 bits per heavy atom. The first kappa shape index (κ1) is 13.3. The first-order valence-electron chi connectivity index (χ1n) is 5.79. The van der Waals surface area contributed by atoms with E-state index in [1.165, 1.54) is 5.56 Å². The highest BCUT2D eigenvalue weighted by molar-refractivity contribution is 9.10. The number of aromatic nitrogens is 2. The Kier molecular flexibility index (Phi) is 4.16. The Balaban J connectivity index is 2.25. The largest absolute Gasteiger partial charge is 0.338 e. The van der Waals surface area contributed by atoms with Gasteiger partial charge in [0.1, 0.15) is 5.82 Å². The lowest BCUT2D eigenvalue weighted by Gasteiger charge is -2.17. The van der Waals surface area contributed by atoms with E-state index in [1.54, 1.807) is 6.20 Å². The van der Waals surface area contributed by atoms with Crippen LogP contribution in [-0.4, -0.2) is 9.55 Å². The maximum atomic E-state index is 5.67. The Morgan fingerprint density at radius 3 is 2.78 bits per heavy atom. The summed E-state index contributed by atoms with van der Waals surface area (Å²) < 4.78 is 3.08. The van der Waals surface area contributed by atoms with Crippen molar-refractivity contribution < 1.29 is 0 Å². The van der Waals surface area contributed by atoms with Crippen molar-refractivity contribution in [1.29, 1.82) is 0 Å². The summed E-state index contributed by atoms with van der Waals surface area (Å²) in [5, 5.41) is 0. The van der Waals surface area contributed by atoms with Gasteiger partial charge in [-0.1, -0.05) is 22.0 Å². The molecule has 1 aromatic heterocycles. The molecular weight excluding hydrogens is 292 g/mol. The SMILES string of the molecule is Cc1cc(Br)cc(C(Cc2nccn2C)NN)c1. The number of hydrazine groups is 1. The Morgan fingerprint density at radius 1 is 1.44 bits per heavy atom. The average molecular weight is 309 g/mol. The fourth-order valence-electron chi connectivity index (χ4n) is 2.01. The smallest absolute Gasteiger partial charge is 0.110 e. The van der Waals surface area contributed by atoms with Crippen LogP contribution >= 0.6 is 15.9 Å². The zero-order valence-electron chi connectivity index (χ0n) is 10.5. The fraction of sp³-hybridized carbons (Fsp3) is 0.308. The summed E-state index contributed by atoms with van der Waals surface area (Å²) in [5.74, 6) is 6.68. The second-order valence-corrected chi connectivity index (χ2v) is 5.36. The van der Waals surface area contributed by atoms with Crippen molar-refractivity contribution in [1.82, 2.24) is 15.0 Å². The van der Waals surface area contributed by atoms with Crippen LogP contribution in [0.3, 0.4) is 0 Å². The van der Waals surface area contributed by atoms with Crippen molar-refractivity contribution in [2.75, 3.05) is 0 Å². The van der Waals surface area contributed by atoms with Crippen molar-refractivity contribution in [3.63, 3.8) is 0 Å². The Bertz CT molecular complexity index is 515. The highest BCUT2D eigenvalue weighted by atomic mass is 79.9. The number of imidazole rings is 1. The third-order valence-electron chi connectivity index (χ3n) is 2.98. The minimum absolute atomic E-state index is 0.0577. The molecule has 0 saturated carbocycles. The highest BCUT2D eigenvalue weighted by Gasteiger charge is 2.14. The summed E-state index contributed by atoms with van der Waals surface area (Å²) in [7, 11) is 1.99. The van der Waals surface area contributed by atoms with Gasteiger partial charge in [0, 0.05) is 30.3 Å². The van der Waals surface area contributed by atoms with E-state index in [1.807, 2.05) is 17.8 Å². The van der Waals surface area contributed by atoms with Crippen LogP contribution in [0.1, 0.15) is 23.0 Å². The number of hydrogen-bond donors (Lipinski definition) is 2. The predicted molar refractivity (Wildman–Crippen MR) is 75.9 cm³/mol. The normalized spacial score (nSPS) is 12.7. The number of benzene rings is 1. The molecule has 0 fully saturated rings. The molecule has 1 heterocycles. The van der Waals surface area contributed by atoms with Crippen LogP contribution in [0.4, 0.5) is 0 Å². The van der Waals surface area contributed by atoms with Crippen LogP contribution < -0.4 is 11.3 Å². The van der Waals surface area contributed by atoms with Crippen LogP contribution in [0.25, 0.3) is 0 Å². The molecule has 18 heavy (non-hydrogen) atoms. The van der Waals surface area contributed by atoms with Crippen molar-refractivity contribution in [2.24, 2.45) is 12.9 Å². The molecule has 1 atom stereocenters. The molecule has 1 aromatic carbocycles. The van der Waals surface area contributed by atoms with Gasteiger partial charge in [-0.15, -0.1) is 0 Å². The zero-order valence-corrected chi connectivity index (χ0v) is 12.1. The van der Waals surface area contributed by atoms with Gasteiger partial charge in [0.25, 0.3) is 0 Å². The molecule has 2 rings (SSSR count). The van der Waals surface area contributed by atoms with Gasteiger partial charge in [0.05, 0.1) is 6.04 Å². The van der Waals surface area contributed by atoms with Crippen molar-refractivity contribution in [3.05, 3.63) is 52.0 Å². The minimum Gasteiger partial charge on any atom is -0.338 e. The van der Waals surface area contributed by atoms with E-state index in [-0.39, 0.29) is 6.04 Å². The van der Waals surface area contributed by atoms with Gasteiger partial charge in [-0.25, -0.2) is 4.98 Å². The molecule has 96 valence electrons. The second kappa shape index (κ2) is 5.65. The van der Waals surface area contributed by atoms with Gasteiger partial charge in [-0.3, -0.25) is 11.3 Å². The fourth-order valence-corrected chi connectivity index (χ4v) is 2.64. The molecule has 5 heteroatoms. The quantitative estimate of drug-likeness (QED) is 0.673. The highest BCUT2D eigenvalue weighted by Crippen LogP contribution is 2.22. The molecule has 0 saturated heterocycles. The van der Waals surface area contributed by atoms with Crippen LogP contribution in [0.5, 0.6) is 0 Å². The minimum atomic E-state index is 0.0577. The van der Waals surface area contributed by atoms with E-state index in [4.69, 9.17) is 5.84 Å². The molecule has 0 radical (unpaired) electrons. The topological polar surface area (TPSA) is 55.9 Å². The van der Waals surface area contributed by atoms with Gasteiger partial charge in [0.2, 0.25) is 0 Å². The number of aryl methyl sites for hydroxylation is 2. The molecule has 0 aliphatic rings. The van der Waals surface area contributed by atoms with Gasteiger partial charge < -0.3 is 4.57 Å². The van der Waals surface area contributed by atoms with E-state index in [2.05, 4.69) is 51.5 Å². The van der Waals surface area contributed by atoms with E-state index in [0.717, 1.165) is 22.3 Å². The van der Waals surface area contributed by atoms with Crippen LogP contribution in [-0.2, 0) is 13.5 Å². The van der Waals surface area contributed by atoms with Crippen LogP contribution in [0.15, 0.2) is 35.1 Å². The van der Waals surface area contributed by atoms with Crippen molar-refractivity contribution >= 4 is 15.9 Å². The lowest BCUT2D eigenvalue weighted by molar-refractivity contribution is 0.530. The standard InChI is InChI=1S/C13H17BrN4/c1-9-5-10(7-11(14)6-9)12(17-15)8-13-16-3-4-18(13)2/h3-7,12,17H,8,15H2,1-2H3. The zero-order chi connectivity index (χ0) is 13.1. The Hall–Kier alpha value is -1.17. The molecule has 0 amide bonds. The van der Waals surface area contributed by atoms with Gasteiger partial charge in [-0.05, 0) is 30.2 Å². The van der Waals surface area contributed by atoms with E-state index < -0.39 is 0 Å². The average Bonchev–Trinajstić information content (AvgIpc) is 2.70. The molecular formula is C13H17BrN4. The molecule has 3 N–H and O–H groups in total. The Labute approximate surface area is 115 Å². The second-order valence-electron chi connectivity index (χ2n) is 4.44. The maximum absolute atomic E-state index is 5.67. The third-order valence-corrected chi connectivity index (χ3v) is 3.43. The lowest BCUT2D eigenvalue weighted by atomic mass is 10.0. The molecule has 4 nitrogen and oxygen atoms in total. The van der Waals surface area contributed by atoms with Crippen LogP contribution in [0.2, 0.25) is 0 Å². The van der Waals surface area contributed by atoms with Gasteiger partial charge in [0.15, 0.2) is 0 Å². The number of nitrogens with zero attached hydrogens (tertiary/aromatic N) is 2. The molecule has 1 unspecified atom stereocenters. The lowest BCUT2D eigenvalue weighted by Crippen LogP contribution is -2.30. The van der Waals surface area contributed by atoms with Crippen LogP contribution in [0, 0.1) is 6.92 Å². The number of rotatable bonds is 4. The van der Waals surface area contributed by atoms with E-state index >= 15 is 0 Å². The molecule has 0 spiro atoms. The summed E-state index contributed by atoms with van der Waals surface area (Å²) >= 11 is 3.51. The molecule has 2 aromatic rings. The van der Waals surface area contributed by atoms with E-state index in [9.17, 15) is 0 Å². The third kappa shape index (κ3) is 2.98. The number of hydrogen-bond acceptors (Lipinski definition) is 3. The van der Waals surface area contributed by atoms with Gasteiger partial charge in [-0.2, -0.15) is 0 Å². The molecule has 0 aliphatic heterocycles. The van der Waals surface area contributed by atoms with Gasteiger partial charge >= 0.3 is 0 Å². The summed E-state index contributed by atoms with van der Waals surface area (Å²) in [4.78, 5) is 4.33. The first-order valence-corrected chi connectivity index (χ1v) is 6.59. The van der Waals surface area contributed by atoms with Crippen molar-refractivity contribution in [2.45, 2.75) is 19.4 Å². The molecule has 0 bridgehead atoms. The predicted octanol–water partition coefficient (Wildman–Crippen LogP) is 2.24. The monoisotopic (exact) mass is 308 g/mol. The summed E-state index contributed by atoms with van der Waals surface area (Å²) in [6.45, 7) is 2.07. The summed E-state index contributed by atoms with van der Waals surface area (Å²) in [6, 6.07) is 6.36. The summed E-state index contributed by atoms with van der Waals surface area (Å²) in [5.41, 5.74) is 5.23. The summed E-state index contributed by atoms with van der Waals surface area (Å²) in [6.07, 6.45) is 4.50. The van der Waals surface area contributed by atoms with Crippen molar-refractivity contribution in [3.8, 4) is 0 Å². The number of nitrogens with one attached hydrogen (secondary N) is 1. The molecule has 0 aliphatic carbocycles. The number of halogens is 1. The van der Waals surface area contributed by atoms with E-state index in [0.29, 0.717) is 0 Å². The first-order chi connectivity index (χ1) is 8.60. The number of nitrogens with two attached hydrogens (primary N) is 1. The maximum Gasteiger partial charge on any atom is 0.110 e.